The van der Waals surface area contributed by atoms with Crippen LogP contribution in [0.15, 0.2) is 29.2 Å². The fourth-order valence-electron chi connectivity index (χ4n) is 1.83. The number of aromatic nitrogens is 1. The van der Waals surface area contributed by atoms with Gasteiger partial charge in [-0.3, -0.25) is 4.98 Å². The molecule has 0 bridgehead atoms. The van der Waals surface area contributed by atoms with Crippen LogP contribution in [0.5, 0.6) is 11.8 Å². The number of halogens is 1. The fraction of sp³-hybridized carbons (Fsp3) is 0.286. The molecule has 0 unspecified atom stereocenters. The molecular weight excluding hydrogens is 282 g/mol. The van der Waals surface area contributed by atoms with E-state index in [2.05, 4.69) is 11.9 Å². The van der Waals surface area contributed by atoms with Gasteiger partial charge in [0.25, 0.3) is 0 Å². The smallest absolute Gasteiger partial charge is 0.205 e. The monoisotopic (exact) mass is 297 g/mol. The lowest BCUT2D eigenvalue weighted by Gasteiger charge is -2.06. The van der Waals surface area contributed by atoms with Crippen LogP contribution in [0.1, 0.15) is 19.8 Å². The van der Waals surface area contributed by atoms with Gasteiger partial charge >= 0.3 is 0 Å². The second kappa shape index (κ2) is 6.26. The van der Waals surface area contributed by atoms with Crippen molar-refractivity contribution in [3.05, 3.63) is 29.3 Å². The van der Waals surface area contributed by atoms with Gasteiger partial charge in [0.15, 0.2) is 0 Å². The highest BCUT2D eigenvalue weighted by Gasteiger charge is 2.20. The number of aromatic hydroxyl groups is 2. The zero-order valence-corrected chi connectivity index (χ0v) is 12.2. The van der Waals surface area contributed by atoms with Crippen LogP contribution < -0.4 is 0 Å². The highest BCUT2D eigenvalue weighted by molar-refractivity contribution is 7.99. The van der Waals surface area contributed by atoms with E-state index < -0.39 is 0 Å². The summed E-state index contributed by atoms with van der Waals surface area (Å²) < 4.78 is 0. The van der Waals surface area contributed by atoms with Gasteiger partial charge in [-0.2, -0.15) is 0 Å². The first kappa shape index (κ1) is 14.2. The summed E-state index contributed by atoms with van der Waals surface area (Å²) in [5.41, 5.74) is 1.29. The summed E-state index contributed by atoms with van der Waals surface area (Å²) in [4.78, 5) is 3.21. The lowest BCUT2D eigenvalue weighted by atomic mass is 10.1. The topological polar surface area (TPSA) is 56.2 Å². The summed E-state index contributed by atoms with van der Waals surface area (Å²) in [5, 5.41) is 20.4. The quantitative estimate of drug-likeness (QED) is 0.557. The van der Waals surface area contributed by atoms with Crippen molar-refractivity contribution < 1.29 is 10.2 Å². The number of nitrogens with one attached hydrogen (secondary N) is 1. The first-order valence-electron chi connectivity index (χ1n) is 6.16. The minimum atomic E-state index is -0.0513. The molecule has 0 saturated heterocycles. The Hall–Kier alpha value is -1.26. The average Bonchev–Trinajstić information content (AvgIpc) is 2.66. The molecule has 3 N–H and O–H groups in total. The van der Waals surface area contributed by atoms with Gasteiger partial charge in [0.05, 0.1) is 10.5 Å². The van der Waals surface area contributed by atoms with E-state index in [4.69, 9.17) is 11.6 Å². The second-order valence-corrected chi connectivity index (χ2v) is 5.72. The molecule has 0 spiro atoms. The number of unbranched alkanes of at least 4 members (excludes halogenated alkanes) is 1. The van der Waals surface area contributed by atoms with Crippen LogP contribution >= 0.6 is 23.4 Å². The van der Waals surface area contributed by atoms with Crippen molar-refractivity contribution in [2.24, 2.45) is 0 Å². The van der Waals surface area contributed by atoms with Crippen molar-refractivity contribution in [1.29, 1.82) is 0 Å². The number of benzene rings is 1. The van der Waals surface area contributed by atoms with Gasteiger partial charge in [0.1, 0.15) is 0 Å². The molecule has 0 aliphatic carbocycles. The van der Waals surface area contributed by atoms with Crippen LogP contribution in [0.2, 0.25) is 5.02 Å². The molecule has 1 aromatic carbocycles. The third-order valence-electron chi connectivity index (χ3n) is 2.80. The lowest BCUT2D eigenvalue weighted by molar-refractivity contribution is 0.421. The predicted molar refractivity (Wildman–Crippen MR) is 80.2 cm³/mol. The summed E-state index contributed by atoms with van der Waals surface area (Å²) in [7, 11) is 0. The highest BCUT2D eigenvalue weighted by atomic mass is 35.5. The molecule has 2 aromatic rings. The van der Waals surface area contributed by atoms with Crippen LogP contribution in [0.3, 0.4) is 0 Å². The van der Waals surface area contributed by atoms with Crippen molar-refractivity contribution in [2.75, 3.05) is 5.75 Å². The van der Waals surface area contributed by atoms with Crippen LogP contribution in [0.4, 0.5) is 0 Å². The van der Waals surface area contributed by atoms with Crippen molar-refractivity contribution in [3.8, 4) is 22.9 Å². The first-order chi connectivity index (χ1) is 9.15. The van der Waals surface area contributed by atoms with E-state index in [9.17, 15) is 10.2 Å². The van der Waals surface area contributed by atoms with Crippen molar-refractivity contribution >= 4 is 23.4 Å². The van der Waals surface area contributed by atoms with E-state index in [1.807, 2.05) is 18.2 Å². The number of aromatic amines is 1. The Bertz CT molecular complexity index is 569. The van der Waals surface area contributed by atoms with Crippen LogP contribution in [-0.2, 0) is 0 Å². The van der Waals surface area contributed by atoms with Crippen molar-refractivity contribution in [2.45, 2.75) is 24.7 Å². The number of thioether (sulfide) groups is 1. The second-order valence-electron chi connectivity index (χ2n) is 4.21. The summed E-state index contributed by atoms with van der Waals surface area (Å²) in [5.74, 6) is 0.830. The fourth-order valence-corrected chi connectivity index (χ4v) is 3.24. The van der Waals surface area contributed by atoms with Gasteiger partial charge in [-0.05, 0) is 18.2 Å². The van der Waals surface area contributed by atoms with Gasteiger partial charge in [-0.1, -0.05) is 43.1 Å². The van der Waals surface area contributed by atoms with E-state index >= 15 is 0 Å². The summed E-state index contributed by atoms with van der Waals surface area (Å²) in [6, 6.07) is 7.28. The van der Waals surface area contributed by atoms with Crippen LogP contribution in [0.25, 0.3) is 11.1 Å². The standard InChI is InChI=1S/C14H16ClNO2S/c1-2-3-8-19-12-11(13(17)16-14(12)18)9-6-4-5-7-10(9)15/h4-7,16-18H,2-3,8H2,1H3. The normalized spacial score (nSPS) is 10.8. The number of H-pyrrole nitrogens is 1. The van der Waals surface area contributed by atoms with Crippen molar-refractivity contribution in [3.63, 3.8) is 0 Å². The third-order valence-corrected chi connectivity index (χ3v) is 4.31. The molecule has 0 radical (unpaired) electrons. The zero-order chi connectivity index (χ0) is 13.8. The van der Waals surface area contributed by atoms with Gasteiger partial charge in [-0.15, -0.1) is 11.8 Å². The maximum atomic E-state index is 9.96. The molecule has 3 nitrogen and oxygen atoms in total. The van der Waals surface area contributed by atoms with Crippen LogP contribution in [-0.4, -0.2) is 20.9 Å². The zero-order valence-electron chi connectivity index (χ0n) is 10.6. The summed E-state index contributed by atoms with van der Waals surface area (Å²) in [6.45, 7) is 2.12. The Morgan fingerprint density at radius 3 is 2.63 bits per heavy atom. The Morgan fingerprint density at radius 1 is 1.21 bits per heavy atom. The maximum absolute atomic E-state index is 9.96. The molecular formula is C14H16ClNO2S. The predicted octanol–water partition coefficient (Wildman–Crippen LogP) is 4.64. The molecule has 1 heterocycles. The minimum absolute atomic E-state index is 0.00600. The molecule has 0 amide bonds. The van der Waals surface area contributed by atoms with E-state index in [0.717, 1.165) is 24.2 Å². The SMILES string of the molecule is CCCCSc1c(O)[nH]c(O)c1-c1ccccc1Cl. The van der Waals surface area contributed by atoms with Gasteiger partial charge in [-0.25, -0.2) is 0 Å². The first-order valence-corrected chi connectivity index (χ1v) is 7.53. The molecule has 19 heavy (non-hydrogen) atoms. The number of hydrogen-bond acceptors (Lipinski definition) is 3. The largest absolute Gasteiger partial charge is 0.494 e. The molecule has 0 aliphatic rings. The molecule has 0 saturated carbocycles. The molecule has 0 atom stereocenters. The van der Waals surface area contributed by atoms with E-state index in [0.29, 0.717) is 15.5 Å². The van der Waals surface area contributed by atoms with E-state index in [1.54, 1.807) is 6.07 Å². The number of hydrogen-bond donors (Lipinski definition) is 3. The lowest BCUT2D eigenvalue weighted by Crippen LogP contribution is -1.83. The third kappa shape index (κ3) is 3.01. The Morgan fingerprint density at radius 2 is 1.95 bits per heavy atom. The maximum Gasteiger partial charge on any atom is 0.205 e. The molecule has 0 aliphatic heterocycles. The Labute approximate surface area is 121 Å². The van der Waals surface area contributed by atoms with Gasteiger partial charge in [0.2, 0.25) is 11.8 Å². The molecule has 102 valence electrons. The molecule has 1 aromatic heterocycles. The average molecular weight is 298 g/mol. The molecule has 0 fully saturated rings. The Balaban J connectivity index is 2.42. The Kier molecular flexibility index (Phi) is 4.66. The van der Waals surface area contributed by atoms with Gasteiger partial charge in [0, 0.05) is 10.6 Å². The molecule has 5 heteroatoms. The van der Waals surface area contributed by atoms with E-state index in [1.165, 1.54) is 11.8 Å². The van der Waals surface area contributed by atoms with E-state index in [-0.39, 0.29) is 11.8 Å². The van der Waals surface area contributed by atoms with Crippen LogP contribution in [0, 0.1) is 0 Å². The van der Waals surface area contributed by atoms with Crippen molar-refractivity contribution in [1.82, 2.24) is 4.98 Å². The molecule has 2 rings (SSSR count). The number of rotatable bonds is 5. The summed E-state index contributed by atoms with van der Waals surface area (Å²) >= 11 is 7.68. The minimum Gasteiger partial charge on any atom is -0.494 e. The summed E-state index contributed by atoms with van der Waals surface area (Å²) in [6.07, 6.45) is 2.14. The van der Waals surface area contributed by atoms with Gasteiger partial charge < -0.3 is 10.2 Å². The highest BCUT2D eigenvalue weighted by Crippen LogP contribution is 2.46.